The van der Waals surface area contributed by atoms with E-state index >= 15 is 0 Å². The quantitative estimate of drug-likeness (QED) is 0.502. The first kappa shape index (κ1) is 20.9. The maximum Gasteiger partial charge on any atom is 0.277 e. The zero-order valence-corrected chi connectivity index (χ0v) is 17.8. The molecule has 0 saturated carbocycles. The van der Waals surface area contributed by atoms with Gasteiger partial charge in [-0.25, -0.2) is 0 Å². The number of hydrogen-bond acceptors (Lipinski definition) is 6. The summed E-state index contributed by atoms with van der Waals surface area (Å²) in [6.45, 7) is 6.11. The van der Waals surface area contributed by atoms with Gasteiger partial charge in [0.2, 0.25) is 11.8 Å². The third kappa shape index (κ3) is 5.17. The topological polar surface area (TPSA) is 77.2 Å². The average molecular weight is 412 g/mol. The molecular formula is C22H25N3O3S. The van der Waals surface area contributed by atoms with Crippen LogP contribution in [0.15, 0.2) is 58.2 Å². The molecule has 0 spiro atoms. The second-order valence-corrected chi connectivity index (χ2v) is 8.04. The SMILES string of the molecule is CC[C@H](C)c1ccccc1NC(=O)[C@H](C)Sc1nnc(-c2ccc(OC)cc2)o1. The van der Waals surface area contributed by atoms with Crippen molar-refractivity contribution in [1.82, 2.24) is 10.2 Å². The number of nitrogens with one attached hydrogen (secondary N) is 1. The molecule has 3 aromatic rings. The van der Waals surface area contributed by atoms with Crippen LogP contribution in [0.25, 0.3) is 11.5 Å². The van der Waals surface area contributed by atoms with Gasteiger partial charge in [0, 0.05) is 11.3 Å². The van der Waals surface area contributed by atoms with Crippen molar-refractivity contribution in [2.75, 3.05) is 12.4 Å². The van der Waals surface area contributed by atoms with Gasteiger partial charge in [-0.1, -0.05) is 43.8 Å². The summed E-state index contributed by atoms with van der Waals surface area (Å²) in [6.07, 6.45) is 1.01. The van der Waals surface area contributed by atoms with Gasteiger partial charge in [0.25, 0.3) is 5.22 Å². The van der Waals surface area contributed by atoms with Crippen molar-refractivity contribution in [3.8, 4) is 17.2 Å². The molecule has 152 valence electrons. The number of anilines is 1. The van der Waals surface area contributed by atoms with Crippen LogP contribution in [-0.4, -0.2) is 28.5 Å². The summed E-state index contributed by atoms with van der Waals surface area (Å²) >= 11 is 1.24. The van der Waals surface area contributed by atoms with E-state index < -0.39 is 0 Å². The lowest BCUT2D eigenvalue weighted by atomic mass is 9.97. The van der Waals surface area contributed by atoms with Crippen molar-refractivity contribution in [2.24, 2.45) is 0 Å². The first-order valence-electron chi connectivity index (χ1n) is 9.56. The molecule has 7 heteroatoms. The first-order valence-corrected chi connectivity index (χ1v) is 10.4. The zero-order valence-electron chi connectivity index (χ0n) is 17.0. The number of thioether (sulfide) groups is 1. The highest BCUT2D eigenvalue weighted by Gasteiger charge is 2.20. The molecule has 0 aliphatic carbocycles. The number of amides is 1. The molecule has 0 aliphatic rings. The molecule has 0 unspecified atom stereocenters. The van der Waals surface area contributed by atoms with Crippen molar-refractivity contribution in [3.05, 3.63) is 54.1 Å². The van der Waals surface area contributed by atoms with E-state index in [0.717, 1.165) is 29.0 Å². The molecule has 2 aromatic carbocycles. The fourth-order valence-electron chi connectivity index (χ4n) is 2.81. The lowest BCUT2D eigenvalue weighted by Crippen LogP contribution is -2.23. The number of hydrogen-bond donors (Lipinski definition) is 1. The molecule has 6 nitrogen and oxygen atoms in total. The number of para-hydroxylation sites is 1. The van der Waals surface area contributed by atoms with Gasteiger partial charge in [-0.05, 0) is 55.2 Å². The van der Waals surface area contributed by atoms with Gasteiger partial charge in [0.15, 0.2) is 0 Å². The third-order valence-electron chi connectivity index (χ3n) is 4.75. The van der Waals surface area contributed by atoms with Crippen LogP contribution in [0, 0.1) is 0 Å². The molecule has 2 atom stereocenters. The molecule has 0 aliphatic heterocycles. The van der Waals surface area contributed by atoms with Gasteiger partial charge in [0.05, 0.1) is 12.4 Å². The van der Waals surface area contributed by atoms with Gasteiger partial charge in [-0.15, -0.1) is 10.2 Å². The van der Waals surface area contributed by atoms with Gasteiger partial charge in [-0.2, -0.15) is 0 Å². The lowest BCUT2D eigenvalue weighted by molar-refractivity contribution is -0.115. The molecule has 0 saturated heterocycles. The number of rotatable bonds is 8. The average Bonchev–Trinajstić information content (AvgIpc) is 3.22. The number of benzene rings is 2. The van der Waals surface area contributed by atoms with E-state index in [0.29, 0.717) is 17.0 Å². The number of methoxy groups -OCH3 is 1. The summed E-state index contributed by atoms with van der Waals surface area (Å²) in [5.41, 5.74) is 2.79. The van der Waals surface area contributed by atoms with E-state index in [-0.39, 0.29) is 11.2 Å². The standard InChI is InChI=1S/C22H25N3O3S/c1-5-14(2)18-8-6-7-9-19(18)23-20(26)15(3)29-22-25-24-21(28-22)16-10-12-17(27-4)13-11-16/h6-15H,5H2,1-4H3,(H,23,26)/t14-,15-/m0/s1. The normalized spacial score (nSPS) is 13.0. The predicted molar refractivity (Wildman–Crippen MR) is 115 cm³/mol. The summed E-state index contributed by atoms with van der Waals surface area (Å²) in [5, 5.41) is 11.1. The molecule has 0 bridgehead atoms. The van der Waals surface area contributed by atoms with Crippen LogP contribution in [0.5, 0.6) is 5.75 Å². The van der Waals surface area contributed by atoms with Crippen LogP contribution in [0.3, 0.4) is 0 Å². The van der Waals surface area contributed by atoms with Crippen molar-refractivity contribution >= 4 is 23.4 Å². The Morgan fingerprint density at radius 1 is 1.14 bits per heavy atom. The fourth-order valence-corrected chi connectivity index (χ4v) is 3.49. The van der Waals surface area contributed by atoms with E-state index in [9.17, 15) is 4.79 Å². The van der Waals surface area contributed by atoms with Crippen LogP contribution >= 0.6 is 11.8 Å². The summed E-state index contributed by atoms with van der Waals surface area (Å²) in [5.74, 6) is 1.43. The number of aromatic nitrogens is 2. The smallest absolute Gasteiger partial charge is 0.277 e. The van der Waals surface area contributed by atoms with Crippen molar-refractivity contribution in [1.29, 1.82) is 0 Å². The van der Waals surface area contributed by atoms with Gasteiger partial charge in [-0.3, -0.25) is 4.79 Å². The second kappa shape index (κ2) is 9.60. The molecule has 29 heavy (non-hydrogen) atoms. The minimum atomic E-state index is -0.385. The Hall–Kier alpha value is -2.80. The molecular weight excluding hydrogens is 386 g/mol. The Morgan fingerprint density at radius 2 is 1.86 bits per heavy atom. The van der Waals surface area contributed by atoms with Crippen molar-refractivity contribution in [3.63, 3.8) is 0 Å². The zero-order chi connectivity index (χ0) is 20.8. The molecule has 1 N–H and O–H groups in total. The highest BCUT2D eigenvalue weighted by Crippen LogP contribution is 2.30. The molecule has 1 heterocycles. The van der Waals surface area contributed by atoms with E-state index in [2.05, 4.69) is 35.4 Å². The highest BCUT2D eigenvalue weighted by molar-refractivity contribution is 8.00. The molecule has 1 amide bonds. The maximum absolute atomic E-state index is 12.7. The largest absolute Gasteiger partial charge is 0.497 e. The van der Waals surface area contributed by atoms with Crippen LogP contribution in [-0.2, 0) is 4.79 Å². The van der Waals surface area contributed by atoms with Gasteiger partial charge < -0.3 is 14.5 Å². The maximum atomic E-state index is 12.7. The number of carbonyl (C=O) groups excluding carboxylic acids is 1. The highest BCUT2D eigenvalue weighted by atomic mass is 32.2. The minimum Gasteiger partial charge on any atom is -0.497 e. The van der Waals surface area contributed by atoms with Gasteiger partial charge >= 0.3 is 0 Å². The summed E-state index contributed by atoms with van der Waals surface area (Å²) in [4.78, 5) is 12.7. The monoisotopic (exact) mass is 411 g/mol. The Labute approximate surface area is 175 Å². The Balaban J connectivity index is 1.65. The van der Waals surface area contributed by atoms with E-state index in [1.165, 1.54) is 11.8 Å². The van der Waals surface area contributed by atoms with Crippen LogP contribution in [0.1, 0.15) is 38.7 Å². The van der Waals surface area contributed by atoms with Crippen LogP contribution in [0.2, 0.25) is 0 Å². The van der Waals surface area contributed by atoms with E-state index in [1.54, 1.807) is 7.11 Å². The first-order chi connectivity index (χ1) is 14.0. The fraction of sp³-hybridized carbons (Fsp3) is 0.318. The third-order valence-corrected chi connectivity index (χ3v) is 5.69. The van der Waals surface area contributed by atoms with Crippen LogP contribution < -0.4 is 10.1 Å². The summed E-state index contributed by atoms with van der Waals surface area (Å²) in [7, 11) is 1.62. The van der Waals surface area contributed by atoms with Crippen molar-refractivity contribution in [2.45, 2.75) is 43.6 Å². The Bertz CT molecular complexity index is 956. The molecule has 1 aromatic heterocycles. The molecule has 3 rings (SSSR count). The summed E-state index contributed by atoms with van der Waals surface area (Å²) < 4.78 is 10.9. The predicted octanol–water partition coefficient (Wildman–Crippen LogP) is 5.38. The Morgan fingerprint density at radius 3 is 2.55 bits per heavy atom. The van der Waals surface area contributed by atoms with E-state index in [1.807, 2.05) is 49.4 Å². The van der Waals surface area contributed by atoms with Gasteiger partial charge in [0.1, 0.15) is 5.75 Å². The lowest BCUT2D eigenvalue weighted by Gasteiger charge is -2.17. The van der Waals surface area contributed by atoms with Crippen molar-refractivity contribution < 1.29 is 13.9 Å². The minimum absolute atomic E-state index is 0.102. The van der Waals surface area contributed by atoms with Crippen LogP contribution in [0.4, 0.5) is 5.69 Å². The number of ether oxygens (including phenoxy) is 1. The number of carbonyl (C=O) groups is 1. The Kier molecular flexibility index (Phi) is 6.93. The molecule has 0 radical (unpaired) electrons. The molecule has 0 fully saturated rings. The van der Waals surface area contributed by atoms with E-state index in [4.69, 9.17) is 9.15 Å². The number of nitrogens with zero attached hydrogens (tertiary/aromatic N) is 2. The summed E-state index contributed by atoms with van der Waals surface area (Å²) in [6, 6.07) is 15.3. The second-order valence-electron chi connectivity index (χ2n) is 6.75.